The maximum absolute atomic E-state index is 13.3. The van der Waals surface area contributed by atoms with Gasteiger partial charge in [-0.15, -0.1) is 0 Å². The minimum atomic E-state index is -3.41. The van der Waals surface area contributed by atoms with E-state index in [0.29, 0.717) is 5.56 Å². The smallest absolute Gasteiger partial charge is 0.304 e. The summed E-state index contributed by atoms with van der Waals surface area (Å²) in [6, 6.07) is 24.9. The summed E-state index contributed by atoms with van der Waals surface area (Å²) in [5, 5.41) is 0. The summed E-state index contributed by atoms with van der Waals surface area (Å²) < 4.78 is 37.8. The van der Waals surface area contributed by atoms with Crippen molar-refractivity contribution in [2.75, 3.05) is 0 Å². The molecule has 0 aliphatic carbocycles. The first-order valence-electron chi connectivity index (χ1n) is 8.33. The van der Waals surface area contributed by atoms with Gasteiger partial charge in [-0.3, -0.25) is 4.57 Å². The highest BCUT2D eigenvalue weighted by Gasteiger charge is 2.25. The van der Waals surface area contributed by atoms with Crippen molar-refractivity contribution >= 4 is 7.60 Å². The van der Waals surface area contributed by atoms with E-state index in [-0.39, 0.29) is 25.2 Å². The Hall–Kier alpha value is -2.26. The fourth-order valence-electron chi connectivity index (χ4n) is 2.44. The lowest BCUT2D eigenvalue weighted by Crippen LogP contribution is -2.01. The van der Waals surface area contributed by atoms with Crippen molar-refractivity contribution in [3.05, 3.63) is 107 Å². The summed E-state index contributed by atoms with van der Waals surface area (Å²) in [7, 11) is -3.41. The highest BCUT2D eigenvalue weighted by Crippen LogP contribution is 2.52. The molecular weight excluding hydrogens is 350 g/mol. The van der Waals surface area contributed by atoms with E-state index in [0.717, 1.165) is 11.1 Å². The molecule has 0 radical (unpaired) electrons. The lowest BCUT2D eigenvalue weighted by molar-refractivity contribution is 0.190. The molecule has 26 heavy (non-hydrogen) atoms. The van der Waals surface area contributed by atoms with Crippen molar-refractivity contribution < 1.29 is 18.0 Å². The number of benzene rings is 3. The Morgan fingerprint density at radius 3 is 1.58 bits per heavy atom. The molecule has 0 N–H and O–H groups in total. The van der Waals surface area contributed by atoms with E-state index < -0.39 is 7.60 Å². The topological polar surface area (TPSA) is 35.5 Å². The third-order valence-electron chi connectivity index (χ3n) is 3.83. The van der Waals surface area contributed by atoms with Crippen LogP contribution < -0.4 is 0 Å². The van der Waals surface area contributed by atoms with Gasteiger partial charge in [-0.2, -0.15) is 0 Å². The Morgan fingerprint density at radius 2 is 1.12 bits per heavy atom. The Balaban J connectivity index is 1.72. The molecule has 0 aliphatic rings. The minimum absolute atomic E-state index is 0.0902. The molecule has 0 atom stereocenters. The summed E-state index contributed by atoms with van der Waals surface area (Å²) in [4.78, 5) is 0. The maximum atomic E-state index is 13.3. The minimum Gasteiger partial charge on any atom is -0.304 e. The Bertz CT molecular complexity index is 804. The molecule has 3 aromatic rings. The van der Waals surface area contributed by atoms with Crippen molar-refractivity contribution in [3.63, 3.8) is 0 Å². The Kier molecular flexibility index (Phi) is 6.35. The van der Waals surface area contributed by atoms with E-state index in [2.05, 4.69) is 0 Å². The second-order valence-electron chi connectivity index (χ2n) is 5.91. The molecule has 0 fully saturated rings. The molecule has 134 valence electrons. The predicted octanol–water partition coefficient (Wildman–Crippen LogP) is 5.95. The lowest BCUT2D eigenvalue weighted by atomic mass is 10.2. The van der Waals surface area contributed by atoms with Gasteiger partial charge in [0.15, 0.2) is 0 Å². The van der Waals surface area contributed by atoms with Crippen molar-refractivity contribution in [2.45, 2.75) is 19.4 Å². The highest BCUT2D eigenvalue weighted by molar-refractivity contribution is 7.52. The SMILES string of the molecule is O=P(Cc1ccc(F)cc1)(OCc1ccccc1)OCc1ccccc1. The van der Waals surface area contributed by atoms with Crippen molar-refractivity contribution in [2.24, 2.45) is 0 Å². The standard InChI is InChI=1S/C21H20FO3P/c22-21-13-11-20(12-14-21)17-26(23,24-15-18-7-3-1-4-8-18)25-16-19-9-5-2-6-10-19/h1-14H,15-17H2. The number of rotatable bonds is 8. The van der Waals surface area contributed by atoms with Crippen molar-refractivity contribution in [1.29, 1.82) is 0 Å². The van der Waals surface area contributed by atoms with Crippen LogP contribution in [0.2, 0.25) is 0 Å². The van der Waals surface area contributed by atoms with Crippen LogP contribution in [0.5, 0.6) is 0 Å². The molecular formula is C21H20FO3P. The largest absolute Gasteiger partial charge is 0.335 e. The first kappa shape index (κ1) is 18.5. The zero-order valence-corrected chi connectivity index (χ0v) is 15.1. The summed E-state index contributed by atoms with van der Waals surface area (Å²) in [6.45, 7) is 0.377. The molecule has 0 bridgehead atoms. The van der Waals surface area contributed by atoms with Gasteiger partial charge >= 0.3 is 7.60 Å². The van der Waals surface area contributed by atoms with Crippen LogP contribution in [0.25, 0.3) is 0 Å². The summed E-state index contributed by atoms with van der Waals surface area (Å²) in [5.74, 6) is -0.334. The van der Waals surface area contributed by atoms with Crippen LogP contribution in [-0.2, 0) is 33.0 Å². The number of halogens is 1. The highest BCUT2D eigenvalue weighted by atomic mass is 31.2. The van der Waals surface area contributed by atoms with Crippen LogP contribution in [0.15, 0.2) is 84.9 Å². The Morgan fingerprint density at radius 1 is 0.654 bits per heavy atom. The van der Waals surface area contributed by atoms with E-state index in [1.54, 1.807) is 12.1 Å². The van der Waals surface area contributed by atoms with Gasteiger partial charge in [0, 0.05) is 0 Å². The number of hydrogen-bond donors (Lipinski definition) is 0. The third kappa shape index (κ3) is 5.63. The molecule has 0 heterocycles. The summed E-state index contributed by atoms with van der Waals surface area (Å²) in [5.41, 5.74) is 2.53. The van der Waals surface area contributed by atoms with Crippen LogP contribution in [-0.4, -0.2) is 0 Å². The Labute approximate surface area is 152 Å². The molecule has 0 aliphatic heterocycles. The fraction of sp³-hybridized carbons (Fsp3) is 0.143. The molecule has 3 aromatic carbocycles. The van der Waals surface area contributed by atoms with E-state index in [4.69, 9.17) is 9.05 Å². The molecule has 3 nitrogen and oxygen atoms in total. The van der Waals surface area contributed by atoms with Gasteiger partial charge in [-0.1, -0.05) is 72.8 Å². The third-order valence-corrected chi connectivity index (χ3v) is 5.63. The monoisotopic (exact) mass is 370 g/mol. The van der Waals surface area contributed by atoms with E-state index in [1.165, 1.54) is 12.1 Å². The normalized spacial score (nSPS) is 11.4. The van der Waals surface area contributed by atoms with E-state index in [1.807, 2.05) is 60.7 Å². The van der Waals surface area contributed by atoms with E-state index in [9.17, 15) is 8.96 Å². The van der Waals surface area contributed by atoms with Crippen LogP contribution in [0.1, 0.15) is 16.7 Å². The van der Waals surface area contributed by atoms with Crippen LogP contribution in [0.4, 0.5) is 4.39 Å². The average Bonchev–Trinajstić information content (AvgIpc) is 2.69. The molecule has 5 heteroatoms. The van der Waals surface area contributed by atoms with Gasteiger partial charge in [-0.25, -0.2) is 4.39 Å². The van der Waals surface area contributed by atoms with Gasteiger partial charge in [0.1, 0.15) is 5.82 Å². The summed E-state index contributed by atoms with van der Waals surface area (Å²) >= 11 is 0. The van der Waals surface area contributed by atoms with Crippen molar-refractivity contribution in [3.8, 4) is 0 Å². The molecule has 0 saturated heterocycles. The first-order chi connectivity index (χ1) is 12.6. The van der Waals surface area contributed by atoms with Gasteiger partial charge < -0.3 is 9.05 Å². The molecule has 0 aromatic heterocycles. The lowest BCUT2D eigenvalue weighted by Gasteiger charge is -2.19. The molecule has 3 rings (SSSR count). The molecule has 0 amide bonds. The van der Waals surface area contributed by atoms with Gasteiger partial charge in [-0.05, 0) is 28.8 Å². The molecule has 0 spiro atoms. The van der Waals surface area contributed by atoms with Gasteiger partial charge in [0.05, 0.1) is 19.4 Å². The average molecular weight is 370 g/mol. The molecule has 0 saturated carbocycles. The quantitative estimate of drug-likeness (QED) is 0.460. The zero-order valence-electron chi connectivity index (χ0n) is 14.3. The number of hydrogen-bond acceptors (Lipinski definition) is 3. The van der Waals surface area contributed by atoms with Crippen LogP contribution in [0.3, 0.4) is 0 Å². The zero-order chi connectivity index (χ0) is 18.2. The molecule has 0 unspecified atom stereocenters. The maximum Gasteiger partial charge on any atom is 0.335 e. The van der Waals surface area contributed by atoms with Crippen molar-refractivity contribution in [1.82, 2.24) is 0 Å². The van der Waals surface area contributed by atoms with Crippen LogP contribution in [0, 0.1) is 5.82 Å². The fourth-order valence-corrected chi connectivity index (χ4v) is 4.04. The van der Waals surface area contributed by atoms with Gasteiger partial charge in [0.25, 0.3) is 0 Å². The predicted molar refractivity (Wildman–Crippen MR) is 100 cm³/mol. The van der Waals surface area contributed by atoms with E-state index >= 15 is 0 Å². The second-order valence-corrected chi connectivity index (χ2v) is 7.97. The second kappa shape index (κ2) is 8.91. The summed E-state index contributed by atoms with van der Waals surface area (Å²) in [6.07, 6.45) is 0.0902. The first-order valence-corrected chi connectivity index (χ1v) is 10.1. The van der Waals surface area contributed by atoms with Gasteiger partial charge in [0.2, 0.25) is 0 Å². The van der Waals surface area contributed by atoms with Crippen LogP contribution >= 0.6 is 7.60 Å².